The Balaban J connectivity index is 2.07. The van der Waals surface area contributed by atoms with Crippen LogP contribution in [0.4, 0.5) is 0 Å². The predicted molar refractivity (Wildman–Crippen MR) is 66.3 cm³/mol. The van der Waals surface area contributed by atoms with E-state index in [4.69, 9.17) is 5.26 Å². The molecule has 1 saturated carbocycles. The summed E-state index contributed by atoms with van der Waals surface area (Å²) < 4.78 is 22.9. The lowest BCUT2D eigenvalue weighted by atomic mass is 9.63. The molecule has 100 valence electrons. The summed E-state index contributed by atoms with van der Waals surface area (Å²) in [5, 5.41) is 11.9. The van der Waals surface area contributed by atoms with Gasteiger partial charge in [-0.2, -0.15) is 5.26 Å². The lowest BCUT2D eigenvalue weighted by molar-refractivity contribution is -0.135. The monoisotopic (exact) mass is 270 g/mol. The predicted octanol–water partition coefficient (Wildman–Crippen LogP) is 0.620. The van der Waals surface area contributed by atoms with Crippen LogP contribution in [0.1, 0.15) is 33.1 Å². The quantitative estimate of drug-likeness (QED) is 0.797. The molecule has 6 heteroatoms. The van der Waals surface area contributed by atoms with E-state index in [-0.39, 0.29) is 17.4 Å². The van der Waals surface area contributed by atoms with Crippen LogP contribution in [-0.2, 0) is 14.6 Å². The number of amides is 1. The number of hydrogen-bond acceptors (Lipinski definition) is 4. The standard InChI is InChI=1S/C12H18N2O3S/c1-9-5-12(6-9,7-13)10(15)14-11(2)3-4-18(16,17)8-11/h9H,3-6,8H2,1-2H3,(H,14,15). The van der Waals surface area contributed by atoms with Crippen molar-refractivity contribution in [1.82, 2.24) is 5.32 Å². The van der Waals surface area contributed by atoms with Gasteiger partial charge in [0.05, 0.1) is 23.1 Å². The van der Waals surface area contributed by atoms with Gasteiger partial charge in [-0.1, -0.05) is 6.92 Å². The first-order valence-electron chi connectivity index (χ1n) is 6.15. The molecule has 0 bridgehead atoms. The van der Waals surface area contributed by atoms with Crippen LogP contribution < -0.4 is 5.32 Å². The van der Waals surface area contributed by atoms with E-state index in [1.54, 1.807) is 6.92 Å². The van der Waals surface area contributed by atoms with E-state index in [2.05, 4.69) is 11.4 Å². The summed E-state index contributed by atoms with van der Waals surface area (Å²) in [6.45, 7) is 3.74. The summed E-state index contributed by atoms with van der Waals surface area (Å²) in [5.74, 6) is 0.168. The summed E-state index contributed by atoms with van der Waals surface area (Å²) in [7, 11) is -3.05. The minimum Gasteiger partial charge on any atom is -0.349 e. The maximum atomic E-state index is 12.2. The number of hydrogen-bond donors (Lipinski definition) is 1. The highest BCUT2D eigenvalue weighted by Crippen LogP contribution is 2.45. The Hall–Kier alpha value is -1.09. The zero-order valence-electron chi connectivity index (χ0n) is 10.7. The Morgan fingerprint density at radius 3 is 2.44 bits per heavy atom. The fraction of sp³-hybridized carbons (Fsp3) is 0.833. The van der Waals surface area contributed by atoms with Gasteiger partial charge in [-0.25, -0.2) is 8.42 Å². The molecule has 1 aliphatic carbocycles. The number of carbonyl (C=O) groups excluding carboxylic acids is 1. The number of nitrogens with one attached hydrogen (secondary N) is 1. The largest absolute Gasteiger partial charge is 0.349 e. The molecule has 1 saturated heterocycles. The van der Waals surface area contributed by atoms with Gasteiger partial charge in [0.15, 0.2) is 9.84 Å². The Morgan fingerprint density at radius 1 is 1.44 bits per heavy atom. The SMILES string of the molecule is CC1CC(C#N)(C(=O)NC2(C)CCS(=O)(=O)C2)C1. The average molecular weight is 270 g/mol. The third-order valence-corrected chi connectivity index (χ3v) is 5.86. The lowest BCUT2D eigenvalue weighted by Crippen LogP contribution is -2.56. The maximum Gasteiger partial charge on any atom is 0.240 e. The zero-order chi connectivity index (χ0) is 13.6. The molecule has 0 aromatic carbocycles. The topological polar surface area (TPSA) is 87.0 Å². The molecule has 0 aromatic heterocycles. The van der Waals surface area contributed by atoms with Gasteiger partial charge in [0, 0.05) is 0 Å². The van der Waals surface area contributed by atoms with E-state index >= 15 is 0 Å². The first-order valence-corrected chi connectivity index (χ1v) is 7.97. The highest BCUT2D eigenvalue weighted by molar-refractivity contribution is 7.91. The van der Waals surface area contributed by atoms with Crippen molar-refractivity contribution in [2.75, 3.05) is 11.5 Å². The molecule has 1 N–H and O–H groups in total. The Labute approximate surface area is 107 Å². The molecule has 5 nitrogen and oxygen atoms in total. The first kappa shape index (κ1) is 13.3. The molecular weight excluding hydrogens is 252 g/mol. The second-order valence-electron chi connectivity index (χ2n) is 6.06. The van der Waals surface area contributed by atoms with Crippen molar-refractivity contribution < 1.29 is 13.2 Å². The van der Waals surface area contributed by atoms with Gasteiger partial charge in [0.25, 0.3) is 0 Å². The Kier molecular flexibility index (Phi) is 2.93. The smallest absolute Gasteiger partial charge is 0.240 e. The highest BCUT2D eigenvalue weighted by atomic mass is 32.2. The van der Waals surface area contributed by atoms with Crippen LogP contribution in [0.2, 0.25) is 0 Å². The van der Waals surface area contributed by atoms with Gasteiger partial charge < -0.3 is 5.32 Å². The van der Waals surface area contributed by atoms with E-state index in [0.29, 0.717) is 25.2 Å². The molecule has 1 heterocycles. The molecule has 1 unspecified atom stereocenters. The fourth-order valence-electron chi connectivity index (χ4n) is 2.96. The third-order valence-electron chi connectivity index (χ3n) is 3.96. The highest BCUT2D eigenvalue weighted by Gasteiger charge is 2.51. The molecular formula is C12H18N2O3S. The van der Waals surface area contributed by atoms with Crippen LogP contribution in [0.25, 0.3) is 0 Å². The number of sulfone groups is 1. The van der Waals surface area contributed by atoms with Crippen LogP contribution in [-0.4, -0.2) is 31.4 Å². The van der Waals surface area contributed by atoms with Crippen LogP contribution in [0.3, 0.4) is 0 Å². The molecule has 0 spiro atoms. The van der Waals surface area contributed by atoms with E-state index in [1.807, 2.05) is 6.92 Å². The zero-order valence-corrected chi connectivity index (χ0v) is 11.5. The summed E-state index contributed by atoms with van der Waals surface area (Å²) in [6.07, 6.45) is 1.56. The number of nitriles is 1. The Morgan fingerprint density at radius 2 is 2.06 bits per heavy atom. The van der Waals surface area contributed by atoms with Gasteiger partial charge in [-0.3, -0.25) is 4.79 Å². The van der Waals surface area contributed by atoms with Crippen molar-refractivity contribution in [2.24, 2.45) is 11.3 Å². The number of carbonyl (C=O) groups is 1. The molecule has 1 atom stereocenters. The molecule has 0 aromatic rings. The van der Waals surface area contributed by atoms with Crippen molar-refractivity contribution >= 4 is 15.7 Å². The van der Waals surface area contributed by atoms with Gasteiger partial charge in [0.1, 0.15) is 5.41 Å². The van der Waals surface area contributed by atoms with Crippen LogP contribution in [0.5, 0.6) is 0 Å². The van der Waals surface area contributed by atoms with Crippen molar-refractivity contribution in [2.45, 2.75) is 38.6 Å². The minimum atomic E-state index is -3.05. The van der Waals surface area contributed by atoms with E-state index < -0.39 is 20.8 Å². The fourth-order valence-corrected chi connectivity index (χ4v) is 5.05. The van der Waals surface area contributed by atoms with E-state index in [0.717, 1.165) is 0 Å². The molecule has 0 radical (unpaired) electrons. The molecule has 2 aliphatic rings. The second kappa shape index (κ2) is 3.95. The molecule has 1 aliphatic heterocycles. The Bertz CT molecular complexity index is 514. The van der Waals surface area contributed by atoms with Crippen molar-refractivity contribution in [3.8, 4) is 6.07 Å². The summed E-state index contributed by atoms with van der Waals surface area (Å²) in [4.78, 5) is 12.2. The summed E-state index contributed by atoms with van der Waals surface area (Å²) in [5.41, 5.74) is -1.65. The number of nitrogens with zero attached hydrogens (tertiary/aromatic N) is 1. The molecule has 1 amide bonds. The van der Waals surface area contributed by atoms with Crippen LogP contribution in [0.15, 0.2) is 0 Å². The summed E-state index contributed by atoms with van der Waals surface area (Å²) >= 11 is 0. The average Bonchev–Trinajstić information content (AvgIpc) is 2.47. The van der Waals surface area contributed by atoms with Crippen molar-refractivity contribution in [3.63, 3.8) is 0 Å². The lowest BCUT2D eigenvalue weighted by Gasteiger charge is -2.41. The summed E-state index contributed by atoms with van der Waals surface area (Å²) in [6, 6.07) is 2.10. The minimum absolute atomic E-state index is 0.0250. The third kappa shape index (κ3) is 2.24. The first-order chi connectivity index (χ1) is 8.20. The van der Waals surface area contributed by atoms with E-state index in [9.17, 15) is 13.2 Å². The van der Waals surface area contributed by atoms with Crippen LogP contribution >= 0.6 is 0 Å². The van der Waals surface area contributed by atoms with Gasteiger partial charge >= 0.3 is 0 Å². The maximum absolute atomic E-state index is 12.2. The van der Waals surface area contributed by atoms with E-state index in [1.165, 1.54) is 0 Å². The number of rotatable bonds is 2. The normalized spacial score (nSPS) is 41.7. The second-order valence-corrected chi connectivity index (χ2v) is 8.25. The molecule has 18 heavy (non-hydrogen) atoms. The van der Waals surface area contributed by atoms with Gasteiger partial charge in [0.2, 0.25) is 5.91 Å². The molecule has 2 rings (SSSR count). The van der Waals surface area contributed by atoms with Crippen molar-refractivity contribution in [3.05, 3.63) is 0 Å². The molecule has 2 fully saturated rings. The van der Waals surface area contributed by atoms with Gasteiger partial charge in [-0.05, 0) is 32.1 Å². The van der Waals surface area contributed by atoms with Crippen molar-refractivity contribution in [1.29, 1.82) is 5.26 Å². The van der Waals surface area contributed by atoms with Gasteiger partial charge in [-0.15, -0.1) is 0 Å². The van der Waals surface area contributed by atoms with Crippen LogP contribution in [0, 0.1) is 22.7 Å².